The average molecular weight is 477 g/mol. The van der Waals surface area contributed by atoms with Crippen molar-refractivity contribution < 1.29 is 8.42 Å². The monoisotopic (exact) mass is 476 g/mol. The Morgan fingerprint density at radius 1 is 0.970 bits per heavy atom. The summed E-state index contributed by atoms with van der Waals surface area (Å²) in [7, 11) is -3.57. The van der Waals surface area contributed by atoms with Gasteiger partial charge in [-0.1, -0.05) is 87.6 Å². The van der Waals surface area contributed by atoms with Gasteiger partial charge in [0.25, 0.3) is 0 Å². The number of nitrogens with one attached hydrogen (secondary N) is 2. The van der Waals surface area contributed by atoms with Crippen molar-refractivity contribution in [3.63, 3.8) is 0 Å². The highest BCUT2D eigenvalue weighted by Crippen LogP contribution is 2.28. The van der Waals surface area contributed by atoms with Gasteiger partial charge in [-0.05, 0) is 31.9 Å². The second-order valence-electron chi connectivity index (χ2n) is 9.23. The predicted molar refractivity (Wildman–Crippen MR) is 130 cm³/mol. The fourth-order valence-electron chi connectivity index (χ4n) is 4.55. The van der Waals surface area contributed by atoms with E-state index in [-0.39, 0.29) is 12.1 Å². The number of aryl methyl sites for hydroxylation is 1. The minimum absolute atomic E-state index is 0.0859. The van der Waals surface area contributed by atoms with Gasteiger partial charge in [-0.2, -0.15) is 9.52 Å². The lowest BCUT2D eigenvalue weighted by molar-refractivity contribution is 0.322. The predicted octanol–water partition coefficient (Wildman–Crippen LogP) is 4.52. The molecule has 2 heterocycles. The molecule has 33 heavy (non-hydrogen) atoms. The van der Waals surface area contributed by atoms with Crippen LogP contribution in [-0.2, 0) is 10.0 Å². The van der Waals surface area contributed by atoms with Gasteiger partial charge in [-0.25, -0.2) is 8.42 Å². The number of aromatic nitrogens is 4. The molecule has 1 fully saturated rings. The molecule has 0 bridgehead atoms. The number of benzene rings is 1. The quantitative estimate of drug-likeness (QED) is 0.366. The summed E-state index contributed by atoms with van der Waals surface area (Å²) in [6.45, 7) is 5.34. The second-order valence-corrected chi connectivity index (χ2v) is 11.1. The van der Waals surface area contributed by atoms with Crippen LogP contribution in [-0.4, -0.2) is 52.5 Å². The number of unbranched alkanes of at least 4 members (excludes halogenated alkanes) is 9. The third-order valence-corrected chi connectivity index (χ3v) is 8.51. The Bertz CT molecular complexity index is 902. The molecular weight excluding hydrogens is 436 g/mol. The van der Waals surface area contributed by atoms with Crippen molar-refractivity contribution in [3.05, 3.63) is 35.7 Å². The molecule has 9 heteroatoms. The van der Waals surface area contributed by atoms with Crippen LogP contribution in [0.25, 0.3) is 0 Å². The molecule has 0 unspecified atom stereocenters. The van der Waals surface area contributed by atoms with Crippen LogP contribution < -0.4 is 5.32 Å². The molecule has 0 amide bonds. The first-order valence-electron chi connectivity index (χ1n) is 12.6. The van der Waals surface area contributed by atoms with Crippen LogP contribution in [0, 0.1) is 6.92 Å². The van der Waals surface area contributed by atoms with E-state index in [1.807, 2.05) is 19.1 Å². The molecular formula is C24H40N6O2S. The highest BCUT2D eigenvalue weighted by molar-refractivity contribution is 7.89. The number of H-pyrrole nitrogens is 1. The van der Waals surface area contributed by atoms with Crippen LogP contribution in [0.2, 0.25) is 0 Å². The Balaban J connectivity index is 1.55. The summed E-state index contributed by atoms with van der Waals surface area (Å²) in [5.41, 5.74) is 1.05. The number of tetrazole rings is 1. The van der Waals surface area contributed by atoms with Crippen LogP contribution >= 0.6 is 0 Å². The van der Waals surface area contributed by atoms with Gasteiger partial charge in [-0.3, -0.25) is 0 Å². The van der Waals surface area contributed by atoms with Gasteiger partial charge < -0.3 is 5.32 Å². The molecule has 0 saturated carbocycles. The maximum Gasteiger partial charge on any atom is 0.243 e. The molecule has 0 aliphatic carbocycles. The van der Waals surface area contributed by atoms with E-state index in [1.165, 1.54) is 51.4 Å². The zero-order valence-corrected chi connectivity index (χ0v) is 21.0. The molecule has 2 aromatic rings. The SMILES string of the molecule is CCCCCCCCCCCCN([C@@H]1CN[C@@H](c2nn[nH]n2)C1)S(=O)(=O)c1ccc(C)cc1. The molecule has 1 aliphatic heterocycles. The molecule has 8 nitrogen and oxygen atoms in total. The lowest BCUT2D eigenvalue weighted by Crippen LogP contribution is -2.42. The zero-order chi connectivity index (χ0) is 23.5. The molecule has 1 aliphatic rings. The van der Waals surface area contributed by atoms with E-state index in [2.05, 4.69) is 32.9 Å². The van der Waals surface area contributed by atoms with E-state index in [9.17, 15) is 8.42 Å². The highest BCUT2D eigenvalue weighted by Gasteiger charge is 2.37. The van der Waals surface area contributed by atoms with Crippen LogP contribution in [0.3, 0.4) is 0 Å². The highest BCUT2D eigenvalue weighted by atomic mass is 32.2. The topological polar surface area (TPSA) is 104 Å². The second kappa shape index (κ2) is 13.2. The van der Waals surface area contributed by atoms with Crippen LogP contribution in [0.1, 0.15) is 95.0 Å². The molecule has 0 spiro atoms. The van der Waals surface area contributed by atoms with Crippen molar-refractivity contribution in [2.45, 2.75) is 101 Å². The summed E-state index contributed by atoms with van der Waals surface area (Å²) < 4.78 is 28.8. The largest absolute Gasteiger partial charge is 0.306 e. The maximum atomic E-state index is 13.6. The molecule has 184 valence electrons. The van der Waals surface area contributed by atoms with Gasteiger partial charge >= 0.3 is 0 Å². The van der Waals surface area contributed by atoms with Gasteiger partial charge in [-0.15, -0.1) is 10.2 Å². The van der Waals surface area contributed by atoms with E-state index in [4.69, 9.17) is 0 Å². The third kappa shape index (κ3) is 7.58. The Morgan fingerprint density at radius 2 is 1.61 bits per heavy atom. The van der Waals surface area contributed by atoms with E-state index in [0.29, 0.717) is 30.2 Å². The van der Waals surface area contributed by atoms with Crippen molar-refractivity contribution in [2.75, 3.05) is 13.1 Å². The fourth-order valence-corrected chi connectivity index (χ4v) is 6.22. The van der Waals surface area contributed by atoms with Gasteiger partial charge in [0.2, 0.25) is 10.0 Å². The van der Waals surface area contributed by atoms with Crippen molar-refractivity contribution >= 4 is 10.0 Å². The van der Waals surface area contributed by atoms with Crippen molar-refractivity contribution in [3.8, 4) is 0 Å². The average Bonchev–Trinajstić information content (AvgIpc) is 3.50. The lowest BCUT2D eigenvalue weighted by atomic mass is 10.1. The van der Waals surface area contributed by atoms with Gasteiger partial charge in [0.1, 0.15) is 0 Å². The summed E-state index contributed by atoms with van der Waals surface area (Å²) >= 11 is 0. The first-order valence-corrected chi connectivity index (χ1v) is 14.0. The smallest absolute Gasteiger partial charge is 0.243 e. The van der Waals surface area contributed by atoms with Gasteiger partial charge in [0, 0.05) is 19.1 Å². The summed E-state index contributed by atoms with van der Waals surface area (Å²) in [5.74, 6) is 0.587. The summed E-state index contributed by atoms with van der Waals surface area (Å²) in [4.78, 5) is 0.364. The minimum Gasteiger partial charge on any atom is -0.306 e. The molecule has 1 aromatic heterocycles. The minimum atomic E-state index is -3.57. The van der Waals surface area contributed by atoms with E-state index < -0.39 is 10.0 Å². The van der Waals surface area contributed by atoms with E-state index in [0.717, 1.165) is 18.4 Å². The van der Waals surface area contributed by atoms with Gasteiger partial charge in [0.15, 0.2) is 5.82 Å². The number of hydrogen-bond acceptors (Lipinski definition) is 6. The van der Waals surface area contributed by atoms with Gasteiger partial charge in [0.05, 0.1) is 10.9 Å². The third-order valence-electron chi connectivity index (χ3n) is 6.55. The first kappa shape index (κ1) is 25.8. The van der Waals surface area contributed by atoms with Crippen LogP contribution in [0.5, 0.6) is 0 Å². The fraction of sp³-hybridized carbons (Fsp3) is 0.708. The zero-order valence-electron chi connectivity index (χ0n) is 20.2. The molecule has 1 aromatic carbocycles. The molecule has 2 atom stereocenters. The number of rotatable bonds is 15. The van der Waals surface area contributed by atoms with Crippen molar-refractivity contribution in [2.24, 2.45) is 0 Å². The first-order chi connectivity index (χ1) is 16.0. The lowest BCUT2D eigenvalue weighted by Gasteiger charge is -2.28. The van der Waals surface area contributed by atoms with E-state index in [1.54, 1.807) is 16.4 Å². The molecule has 3 rings (SSSR count). The molecule has 1 saturated heterocycles. The molecule has 0 radical (unpaired) electrons. The number of hydrogen-bond donors (Lipinski definition) is 2. The van der Waals surface area contributed by atoms with Crippen LogP contribution in [0.4, 0.5) is 0 Å². The number of aromatic amines is 1. The molecule has 2 N–H and O–H groups in total. The Labute approximate surface area is 199 Å². The Kier molecular flexibility index (Phi) is 10.3. The van der Waals surface area contributed by atoms with E-state index >= 15 is 0 Å². The maximum absolute atomic E-state index is 13.6. The Hall–Kier alpha value is -1.84. The van der Waals surface area contributed by atoms with Crippen molar-refractivity contribution in [1.82, 2.24) is 30.2 Å². The summed E-state index contributed by atoms with van der Waals surface area (Å²) in [6, 6.07) is 6.95. The standard InChI is InChI=1S/C24H40N6O2S/c1-3-4-5-6-7-8-9-10-11-12-17-30(33(31,32)22-15-13-20(2)14-16-22)21-18-23(25-19-21)24-26-28-29-27-24/h13-16,21,23,25H,3-12,17-19H2,1-2H3,(H,26,27,28,29)/t21-,23+/m0/s1. The number of nitrogens with zero attached hydrogens (tertiary/aromatic N) is 4. The van der Waals surface area contributed by atoms with Crippen molar-refractivity contribution in [1.29, 1.82) is 0 Å². The summed E-state index contributed by atoms with van der Waals surface area (Å²) in [5, 5.41) is 17.6. The number of sulfonamides is 1. The Morgan fingerprint density at radius 3 is 2.21 bits per heavy atom. The van der Waals surface area contributed by atoms with Crippen LogP contribution in [0.15, 0.2) is 29.2 Å². The summed E-state index contributed by atoms with van der Waals surface area (Å²) in [6.07, 6.45) is 12.9. The normalized spacial score (nSPS) is 18.9.